The van der Waals surface area contributed by atoms with Gasteiger partial charge in [-0.3, -0.25) is 9.38 Å². The number of aromatic nitrogens is 3. The van der Waals surface area contributed by atoms with Crippen LogP contribution in [0.2, 0.25) is 0 Å². The van der Waals surface area contributed by atoms with Crippen LogP contribution < -0.4 is 5.32 Å². The van der Waals surface area contributed by atoms with Crippen molar-refractivity contribution in [3.63, 3.8) is 0 Å². The number of pyridine rings is 2. The Morgan fingerprint density at radius 1 is 1.11 bits per heavy atom. The van der Waals surface area contributed by atoms with Crippen LogP contribution >= 0.6 is 0 Å². The van der Waals surface area contributed by atoms with E-state index in [1.165, 1.54) is 0 Å². The van der Waals surface area contributed by atoms with E-state index in [4.69, 9.17) is 4.42 Å². The second kappa shape index (κ2) is 7.13. The van der Waals surface area contributed by atoms with E-state index in [1.807, 2.05) is 36.7 Å². The van der Waals surface area contributed by atoms with Crippen molar-refractivity contribution in [2.24, 2.45) is 0 Å². The molecule has 5 rings (SSSR count). The van der Waals surface area contributed by atoms with Gasteiger partial charge in [0, 0.05) is 29.6 Å². The van der Waals surface area contributed by atoms with Crippen molar-refractivity contribution in [1.29, 1.82) is 0 Å². The van der Waals surface area contributed by atoms with Crippen molar-refractivity contribution in [3.05, 3.63) is 61.4 Å². The molecule has 4 aromatic rings. The number of rotatable bonds is 4. The minimum atomic E-state index is -0.197. The van der Waals surface area contributed by atoms with Crippen LogP contribution in [-0.2, 0) is 0 Å². The number of furan rings is 1. The van der Waals surface area contributed by atoms with Gasteiger partial charge in [-0.05, 0) is 56.0 Å². The van der Waals surface area contributed by atoms with Crippen LogP contribution in [0, 0.1) is 0 Å². The first-order valence-corrected chi connectivity index (χ1v) is 9.67. The third-order valence-corrected chi connectivity index (χ3v) is 5.40. The predicted molar refractivity (Wildman–Crippen MR) is 108 cm³/mol. The summed E-state index contributed by atoms with van der Waals surface area (Å²) < 4.78 is 7.27. The lowest BCUT2D eigenvalue weighted by atomic mass is 9.93. The zero-order valence-electron chi connectivity index (χ0n) is 15.5. The molecule has 1 fully saturated rings. The molecule has 2 N–H and O–H groups in total. The molecular weight excluding hydrogens is 352 g/mol. The number of nitrogens with zero attached hydrogens (tertiary/aromatic N) is 3. The van der Waals surface area contributed by atoms with Crippen molar-refractivity contribution in [2.45, 2.75) is 37.8 Å². The Kier molecular flexibility index (Phi) is 4.33. The topological polar surface area (TPSA) is 75.6 Å². The van der Waals surface area contributed by atoms with E-state index < -0.39 is 0 Å². The highest BCUT2D eigenvalue weighted by Gasteiger charge is 2.20. The number of hydrogen-bond donors (Lipinski definition) is 2. The van der Waals surface area contributed by atoms with Gasteiger partial charge in [0.25, 0.3) is 0 Å². The average Bonchev–Trinajstić information content (AvgIpc) is 3.38. The van der Waals surface area contributed by atoms with Crippen molar-refractivity contribution in [1.82, 2.24) is 14.4 Å². The van der Waals surface area contributed by atoms with Crippen LogP contribution in [0.1, 0.15) is 25.7 Å². The standard InChI is InChI=1S/C22H22N4O2/c27-19-3-1-2-17(11-19)25-18-4-5-22-24-12-21(26(22)13-18)15-6-8-23-20(10-15)16-7-9-28-14-16/h4-10,12-14,17,19,25,27H,1-3,11H2. The molecule has 1 saturated carbocycles. The minimum absolute atomic E-state index is 0.197. The summed E-state index contributed by atoms with van der Waals surface area (Å²) in [4.78, 5) is 8.99. The van der Waals surface area contributed by atoms with E-state index in [0.29, 0.717) is 6.04 Å². The monoisotopic (exact) mass is 374 g/mol. The normalized spacial score (nSPS) is 19.8. The number of aliphatic hydroxyl groups is 1. The fourth-order valence-corrected chi connectivity index (χ4v) is 3.97. The number of fused-ring (bicyclic) bond motifs is 1. The quantitative estimate of drug-likeness (QED) is 0.555. The third kappa shape index (κ3) is 3.27. The van der Waals surface area contributed by atoms with E-state index in [9.17, 15) is 5.11 Å². The van der Waals surface area contributed by atoms with Gasteiger partial charge in [-0.15, -0.1) is 0 Å². The lowest BCUT2D eigenvalue weighted by Gasteiger charge is -2.27. The van der Waals surface area contributed by atoms with Gasteiger partial charge < -0.3 is 14.8 Å². The van der Waals surface area contributed by atoms with Crippen LogP contribution in [0.15, 0.2) is 65.9 Å². The van der Waals surface area contributed by atoms with Crippen LogP contribution in [0.5, 0.6) is 0 Å². The molecule has 142 valence electrons. The molecular formula is C22H22N4O2. The number of aliphatic hydroxyl groups excluding tert-OH is 1. The molecule has 2 atom stereocenters. The SMILES string of the molecule is OC1CCCC(Nc2ccc3ncc(-c4ccnc(-c5ccoc5)c4)n3c2)C1. The molecule has 0 saturated heterocycles. The summed E-state index contributed by atoms with van der Waals surface area (Å²) in [7, 11) is 0. The molecule has 0 bridgehead atoms. The first-order valence-electron chi connectivity index (χ1n) is 9.67. The average molecular weight is 374 g/mol. The lowest BCUT2D eigenvalue weighted by molar-refractivity contribution is 0.124. The van der Waals surface area contributed by atoms with E-state index >= 15 is 0 Å². The highest BCUT2D eigenvalue weighted by atomic mass is 16.3. The Morgan fingerprint density at radius 2 is 2.07 bits per heavy atom. The largest absolute Gasteiger partial charge is 0.472 e. The van der Waals surface area contributed by atoms with Gasteiger partial charge >= 0.3 is 0 Å². The van der Waals surface area contributed by atoms with Gasteiger partial charge in [-0.1, -0.05) is 0 Å². The summed E-state index contributed by atoms with van der Waals surface area (Å²) in [5, 5.41) is 13.5. The Labute approximate surface area is 162 Å². The van der Waals surface area contributed by atoms with Gasteiger partial charge in [0.1, 0.15) is 5.65 Å². The Bertz CT molecular complexity index is 1090. The molecule has 0 spiro atoms. The van der Waals surface area contributed by atoms with Gasteiger partial charge in [-0.25, -0.2) is 4.98 Å². The molecule has 0 aliphatic heterocycles. The van der Waals surface area contributed by atoms with Crippen molar-refractivity contribution >= 4 is 11.3 Å². The van der Waals surface area contributed by atoms with Gasteiger partial charge in [0.05, 0.1) is 41.9 Å². The highest BCUT2D eigenvalue weighted by molar-refractivity contribution is 5.70. The molecule has 0 amide bonds. The molecule has 28 heavy (non-hydrogen) atoms. The molecule has 6 nitrogen and oxygen atoms in total. The van der Waals surface area contributed by atoms with Crippen molar-refractivity contribution in [2.75, 3.05) is 5.32 Å². The summed E-state index contributed by atoms with van der Waals surface area (Å²) in [6.45, 7) is 0. The zero-order valence-corrected chi connectivity index (χ0v) is 15.5. The fourth-order valence-electron chi connectivity index (χ4n) is 3.97. The van der Waals surface area contributed by atoms with Crippen LogP contribution in [0.3, 0.4) is 0 Å². The first-order chi connectivity index (χ1) is 13.8. The maximum absolute atomic E-state index is 9.93. The van der Waals surface area contributed by atoms with Crippen LogP contribution in [-0.4, -0.2) is 31.6 Å². The predicted octanol–water partition coefficient (Wildman–Crippen LogP) is 4.37. The van der Waals surface area contributed by atoms with E-state index in [0.717, 1.165) is 59.5 Å². The zero-order chi connectivity index (χ0) is 18.9. The minimum Gasteiger partial charge on any atom is -0.472 e. The van der Waals surface area contributed by atoms with E-state index in [-0.39, 0.29) is 6.10 Å². The number of nitrogens with one attached hydrogen (secondary N) is 1. The van der Waals surface area contributed by atoms with Gasteiger partial charge in [0.2, 0.25) is 0 Å². The highest BCUT2D eigenvalue weighted by Crippen LogP contribution is 2.27. The number of hydrogen-bond acceptors (Lipinski definition) is 5. The Morgan fingerprint density at radius 3 is 2.93 bits per heavy atom. The maximum Gasteiger partial charge on any atom is 0.137 e. The summed E-state index contributed by atoms with van der Waals surface area (Å²) in [6, 6.07) is 10.3. The first kappa shape index (κ1) is 17.0. The van der Waals surface area contributed by atoms with Crippen LogP contribution in [0.25, 0.3) is 28.2 Å². The third-order valence-electron chi connectivity index (χ3n) is 5.40. The lowest BCUT2D eigenvalue weighted by Crippen LogP contribution is -2.29. The second-order valence-corrected chi connectivity index (χ2v) is 7.39. The number of imidazole rings is 1. The van der Waals surface area contributed by atoms with Crippen molar-refractivity contribution in [3.8, 4) is 22.5 Å². The van der Waals surface area contributed by atoms with E-state index in [2.05, 4.69) is 31.9 Å². The van der Waals surface area contributed by atoms with Crippen LogP contribution in [0.4, 0.5) is 5.69 Å². The Hall–Kier alpha value is -3.12. The molecule has 0 radical (unpaired) electrons. The molecule has 2 unspecified atom stereocenters. The second-order valence-electron chi connectivity index (χ2n) is 7.39. The summed E-state index contributed by atoms with van der Waals surface area (Å²) in [5.74, 6) is 0. The molecule has 0 aromatic carbocycles. The number of anilines is 1. The Balaban J connectivity index is 1.48. The molecule has 4 aromatic heterocycles. The van der Waals surface area contributed by atoms with Crippen molar-refractivity contribution < 1.29 is 9.52 Å². The smallest absolute Gasteiger partial charge is 0.137 e. The molecule has 4 heterocycles. The van der Waals surface area contributed by atoms with Gasteiger partial charge in [-0.2, -0.15) is 0 Å². The fraction of sp³-hybridized carbons (Fsp3) is 0.273. The summed E-state index contributed by atoms with van der Waals surface area (Å²) in [6.07, 6.45) is 12.8. The molecule has 6 heteroatoms. The molecule has 1 aliphatic carbocycles. The maximum atomic E-state index is 9.93. The summed E-state index contributed by atoms with van der Waals surface area (Å²) in [5.41, 5.74) is 5.81. The van der Waals surface area contributed by atoms with E-state index in [1.54, 1.807) is 12.5 Å². The summed E-state index contributed by atoms with van der Waals surface area (Å²) >= 11 is 0. The van der Waals surface area contributed by atoms with Gasteiger partial charge in [0.15, 0.2) is 0 Å². The molecule has 1 aliphatic rings.